The summed E-state index contributed by atoms with van der Waals surface area (Å²) in [7, 11) is 0. The normalized spacial score (nSPS) is 14.3. The first-order valence-electron chi connectivity index (χ1n) is 6.61. The molecule has 0 spiro atoms. The van der Waals surface area contributed by atoms with Crippen LogP contribution in [0.25, 0.3) is 11.3 Å². The summed E-state index contributed by atoms with van der Waals surface area (Å²) in [6.45, 7) is 0. The molecule has 3 rings (SSSR count). The Balaban J connectivity index is 2.13. The molecule has 2 N–H and O–H groups in total. The summed E-state index contributed by atoms with van der Waals surface area (Å²) in [6, 6.07) is 3.02. The molecule has 7 nitrogen and oxygen atoms in total. The fourth-order valence-corrected chi connectivity index (χ4v) is 2.04. The van der Waals surface area contributed by atoms with Crippen LogP contribution in [0.1, 0.15) is 5.69 Å². The third kappa shape index (κ3) is 2.81. The first kappa shape index (κ1) is 15.6. The van der Waals surface area contributed by atoms with E-state index in [2.05, 4.69) is 16.3 Å². The molecular weight excluding hydrogens is 325 g/mol. The number of amides is 2. The zero-order valence-corrected chi connectivity index (χ0v) is 12.0. The quantitative estimate of drug-likeness (QED) is 0.911. The number of halogens is 3. The second-order valence-corrected chi connectivity index (χ2v) is 4.65. The number of primary amides is 1. The summed E-state index contributed by atoms with van der Waals surface area (Å²) in [5.41, 5.74) is 4.52. The van der Waals surface area contributed by atoms with Gasteiger partial charge in [-0.2, -0.15) is 23.3 Å². The van der Waals surface area contributed by atoms with Crippen molar-refractivity contribution >= 4 is 6.03 Å². The number of rotatable bonds is 2. The molecule has 1 aliphatic rings. The summed E-state index contributed by atoms with van der Waals surface area (Å²) in [6.07, 6.45) is 4.57. The highest BCUT2D eigenvalue weighted by atomic mass is 19.4. The van der Waals surface area contributed by atoms with Gasteiger partial charge in [0.1, 0.15) is 6.20 Å². The summed E-state index contributed by atoms with van der Waals surface area (Å²) in [5, 5.41) is 5.41. The molecule has 2 aromatic rings. The van der Waals surface area contributed by atoms with Crippen LogP contribution >= 0.6 is 0 Å². The molecule has 0 unspecified atom stereocenters. The third-order valence-corrected chi connectivity index (χ3v) is 3.06. The monoisotopic (exact) mass is 335 g/mol. The van der Waals surface area contributed by atoms with Gasteiger partial charge in [-0.15, -0.1) is 9.89 Å². The molecule has 24 heavy (non-hydrogen) atoms. The number of alkyl halides is 3. The van der Waals surface area contributed by atoms with Gasteiger partial charge in [-0.3, -0.25) is 4.98 Å². The minimum absolute atomic E-state index is 0.0381. The number of hydrazine groups is 1. The Labute approximate surface area is 134 Å². The van der Waals surface area contributed by atoms with Crippen molar-refractivity contribution < 1.29 is 18.0 Å². The Hall–Kier alpha value is -3.30. The van der Waals surface area contributed by atoms with E-state index < -0.39 is 17.9 Å². The lowest BCUT2D eigenvalue weighted by atomic mass is 10.2. The maximum atomic E-state index is 13.4. The highest BCUT2D eigenvalue weighted by Gasteiger charge is 2.39. The second-order valence-electron chi connectivity index (χ2n) is 4.65. The molecule has 1 radical (unpaired) electrons. The fourth-order valence-electron chi connectivity index (χ4n) is 2.04. The number of aromatic nitrogens is 3. The van der Waals surface area contributed by atoms with Crippen molar-refractivity contribution in [2.24, 2.45) is 5.73 Å². The van der Waals surface area contributed by atoms with Gasteiger partial charge < -0.3 is 5.73 Å². The average Bonchev–Trinajstić information content (AvgIpc) is 3.01. The number of carbonyl (C=O) groups is 1. The molecule has 0 atom stereocenters. The van der Waals surface area contributed by atoms with Gasteiger partial charge in [0.05, 0.1) is 5.69 Å². The van der Waals surface area contributed by atoms with Crippen LogP contribution in [0.15, 0.2) is 48.9 Å². The van der Waals surface area contributed by atoms with Crippen molar-refractivity contribution in [2.45, 2.75) is 6.18 Å². The molecule has 0 bridgehead atoms. The number of urea groups is 1. The fraction of sp³-hybridized carbons (Fsp3) is 0.0714. The summed E-state index contributed by atoms with van der Waals surface area (Å²) < 4.78 is 40.1. The van der Waals surface area contributed by atoms with E-state index in [1.807, 2.05) is 0 Å². The maximum Gasteiger partial charge on any atom is 0.435 e. The molecule has 0 fully saturated rings. The smallest absolute Gasteiger partial charge is 0.350 e. The average molecular weight is 335 g/mol. The highest BCUT2D eigenvalue weighted by molar-refractivity contribution is 5.74. The van der Waals surface area contributed by atoms with Crippen LogP contribution in [-0.2, 0) is 6.18 Å². The standard InChI is InChI=1S/C14H10F3N6O/c15-14(16,17)12-8-11(10-4-3-5-19-9-10)20-23(12)22-7-2-1-6-21(22)13(18)24/h1-6,8-9H,(H2,18,24). The number of nitrogens with two attached hydrogens (primary N) is 1. The van der Waals surface area contributed by atoms with Gasteiger partial charge >= 0.3 is 12.2 Å². The zero-order chi connectivity index (χ0) is 17.3. The molecule has 1 aliphatic heterocycles. The van der Waals surface area contributed by atoms with E-state index in [0.29, 0.717) is 10.4 Å². The van der Waals surface area contributed by atoms with E-state index in [1.165, 1.54) is 30.7 Å². The van der Waals surface area contributed by atoms with E-state index in [4.69, 9.17) is 5.73 Å². The van der Waals surface area contributed by atoms with E-state index in [9.17, 15) is 18.0 Å². The number of carbonyl (C=O) groups excluding carboxylic acids is 1. The molecule has 123 valence electrons. The van der Waals surface area contributed by atoms with Crippen molar-refractivity contribution in [2.75, 3.05) is 5.12 Å². The van der Waals surface area contributed by atoms with Crippen LogP contribution in [0.4, 0.5) is 18.0 Å². The Bertz CT molecular complexity index is 812. The van der Waals surface area contributed by atoms with Crippen LogP contribution in [0.2, 0.25) is 0 Å². The SMILES string of the molecule is NC(=O)N1C=CC=[C]N1n1nc(-c2cccnc2)cc1C(F)(F)F. The summed E-state index contributed by atoms with van der Waals surface area (Å²) in [4.78, 5) is 15.8. The number of allylic oxidation sites excluding steroid dienone is 2. The summed E-state index contributed by atoms with van der Waals surface area (Å²) >= 11 is 0. The second kappa shape index (κ2) is 5.72. The van der Waals surface area contributed by atoms with Crippen molar-refractivity contribution in [3.63, 3.8) is 0 Å². The van der Waals surface area contributed by atoms with E-state index >= 15 is 0 Å². The van der Waals surface area contributed by atoms with Crippen LogP contribution < -0.4 is 10.9 Å². The lowest BCUT2D eigenvalue weighted by Gasteiger charge is -2.31. The van der Waals surface area contributed by atoms with Crippen molar-refractivity contribution in [1.29, 1.82) is 0 Å². The Morgan fingerprint density at radius 3 is 2.75 bits per heavy atom. The Morgan fingerprint density at radius 1 is 1.33 bits per heavy atom. The molecule has 0 aliphatic carbocycles. The van der Waals surface area contributed by atoms with Crippen molar-refractivity contribution in [3.05, 3.63) is 60.8 Å². The number of nitrogens with zero attached hydrogens (tertiary/aromatic N) is 5. The van der Waals surface area contributed by atoms with Crippen LogP contribution in [0.5, 0.6) is 0 Å². The van der Waals surface area contributed by atoms with Crippen LogP contribution in [0.3, 0.4) is 0 Å². The molecule has 0 aromatic carbocycles. The van der Waals surface area contributed by atoms with Gasteiger partial charge in [0.2, 0.25) is 0 Å². The van der Waals surface area contributed by atoms with E-state index in [0.717, 1.165) is 16.2 Å². The first-order chi connectivity index (χ1) is 11.4. The highest BCUT2D eigenvalue weighted by Crippen LogP contribution is 2.32. The number of hydrogen-bond donors (Lipinski definition) is 1. The zero-order valence-electron chi connectivity index (χ0n) is 12.0. The van der Waals surface area contributed by atoms with Gasteiger partial charge in [0.15, 0.2) is 5.69 Å². The van der Waals surface area contributed by atoms with Crippen molar-refractivity contribution in [1.82, 2.24) is 19.9 Å². The van der Waals surface area contributed by atoms with Gasteiger partial charge in [-0.1, -0.05) is 0 Å². The molecule has 0 saturated heterocycles. The maximum absolute atomic E-state index is 13.4. The molecule has 2 aromatic heterocycles. The minimum atomic E-state index is -4.71. The van der Waals surface area contributed by atoms with Crippen LogP contribution in [0, 0.1) is 6.20 Å². The van der Waals surface area contributed by atoms with Crippen molar-refractivity contribution in [3.8, 4) is 11.3 Å². The lowest BCUT2D eigenvalue weighted by molar-refractivity contribution is -0.144. The first-order valence-corrected chi connectivity index (χ1v) is 6.61. The molecule has 2 amide bonds. The van der Waals surface area contributed by atoms with Gasteiger partial charge in [-0.05, 0) is 30.4 Å². The van der Waals surface area contributed by atoms with Gasteiger partial charge in [0, 0.05) is 24.2 Å². The lowest BCUT2D eigenvalue weighted by Crippen LogP contribution is -2.51. The molecule has 0 saturated carbocycles. The molecule has 3 heterocycles. The predicted molar refractivity (Wildman–Crippen MR) is 77.1 cm³/mol. The molecule has 10 heteroatoms. The summed E-state index contributed by atoms with van der Waals surface area (Å²) in [5.74, 6) is 0. The topological polar surface area (TPSA) is 80.3 Å². The van der Waals surface area contributed by atoms with E-state index in [1.54, 1.807) is 12.1 Å². The van der Waals surface area contributed by atoms with E-state index in [-0.39, 0.29) is 5.69 Å². The Kier molecular flexibility index (Phi) is 3.72. The largest absolute Gasteiger partial charge is 0.435 e. The third-order valence-electron chi connectivity index (χ3n) is 3.06. The minimum Gasteiger partial charge on any atom is -0.350 e. The van der Waals surface area contributed by atoms with Crippen LogP contribution in [-0.4, -0.2) is 25.9 Å². The number of pyridine rings is 1. The number of hydrogen-bond acceptors (Lipinski definition) is 4. The predicted octanol–water partition coefficient (Wildman–Crippen LogP) is 2.04. The molecular formula is C14H10F3N6O. The van der Waals surface area contributed by atoms with Gasteiger partial charge in [-0.25, -0.2) is 4.79 Å². The van der Waals surface area contributed by atoms with Gasteiger partial charge in [0.25, 0.3) is 0 Å². The Morgan fingerprint density at radius 2 is 2.12 bits per heavy atom.